The van der Waals surface area contributed by atoms with Crippen LogP contribution in [0.5, 0.6) is 0 Å². The number of rotatable bonds is 6. The summed E-state index contributed by atoms with van der Waals surface area (Å²) in [6.45, 7) is 1.37. The van der Waals surface area contributed by atoms with Crippen LogP contribution < -0.4 is 5.84 Å². The molecule has 136 valence electrons. The van der Waals surface area contributed by atoms with Gasteiger partial charge in [0.2, 0.25) is 5.78 Å². The average Bonchev–Trinajstić information content (AvgIpc) is 2.63. The van der Waals surface area contributed by atoms with E-state index in [1.165, 1.54) is 49.4 Å². The predicted octanol–water partition coefficient (Wildman–Crippen LogP) is 3.65. The minimum Gasteiger partial charge on any atom is -0.463 e. The summed E-state index contributed by atoms with van der Waals surface area (Å²) in [5.74, 6) is 2.63. The van der Waals surface area contributed by atoms with Gasteiger partial charge in [-0.2, -0.15) is 5.10 Å². The molecule has 1 atom stereocenters. The number of hydrogen-bond acceptors (Lipinski definition) is 5. The molecule has 0 saturated carbocycles. The normalized spacial score (nSPS) is 13.8. The van der Waals surface area contributed by atoms with Gasteiger partial charge in [-0.1, -0.05) is 53.5 Å². The van der Waals surface area contributed by atoms with E-state index in [4.69, 9.17) is 33.8 Å². The number of benzene rings is 2. The fourth-order valence-corrected chi connectivity index (χ4v) is 2.72. The van der Waals surface area contributed by atoms with Crippen LogP contribution in [0.1, 0.15) is 18.1 Å². The fourth-order valence-electron chi connectivity index (χ4n) is 2.33. The maximum atomic E-state index is 15.9. The second-order valence-corrected chi connectivity index (χ2v) is 6.02. The molecule has 0 aliphatic heterocycles. The number of ketones is 1. The summed E-state index contributed by atoms with van der Waals surface area (Å²) in [4.78, 5) is 25.3. The smallest absolute Gasteiger partial charge is 0.357 e. The molecule has 26 heavy (non-hydrogen) atoms. The zero-order chi connectivity index (χ0) is 19.3. The van der Waals surface area contributed by atoms with Gasteiger partial charge in [0.25, 0.3) is 5.67 Å². The first-order valence-electron chi connectivity index (χ1n) is 7.56. The van der Waals surface area contributed by atoms with Crippen molar-refractivity contribution in [2.24, 2.45) is 10.9 Å². The molecule has 0 amide bonds. The van der Waals surface area contributed by atoms with Crippen LogP contribution in [0.2, 0.25) is 10.0 Å². The molecule has 0 aliphatic carbocycles. The molecule has 2 aromatic carbocycles. The van der Waals surface area contributed by atoms with Crippen molar-refractivity contribution in [3.8, 4) is 0 Å². The number of ether oxygens (including phenoxy) is 1. The second-order valence-electron chi connectivity index (χ2n) is 5.17. The third-order valence-electron chi connectivity index (χ3n) is 3.58. The first-order chi connectivity index (χ1) is 12.4. The number of nitrogens with zero attached hydrogens (tertiary/aromatic N) is 1. The molecule has 0 heterocycles. The molecule has 0 aromatic heterocycles. The van der Waals surface area contributed by atoms with Crippen LogP contribution in [-0.2, 0) is 20.0 Å². The number of carbonyl (C=O) groups is 2. The quantitative estimate of drug-likeness (QED) is 0.265. The summed E-state index contributed by atoms with van der Waals surface area (Å²) < 4.78 is 20.7. The lowest BCUT2D eigenvalue weighted by atomic mass is 9.86. The van der Waals surface area contributed by atoms with Crippen molar-refractivity contribution >= 4 is 40.7 Å². The Labute approximate surface area is 159 Å². The molecule has 8 heteroatoms. The number of esters is 1. The second kappa shape index (κ2) is 8.29. The zero-order valence-electron chi connectivity index (χ0n) is 13.7. The summed E-state index contributed by atoms with van der Waals surface area (Å²) in [5.41, 5.74) is -3.80. The largest absolute Gasteiger partial charge is 0.463 e. The number of nitrogens with two attached hydrogens (primary N) is 1. The molecule has 2 N–H and O–H groups in total. The maximum absolute atomic E-state index is 15.9. The van der Waals surface area contributed by atoms with Crippen LogP contribution in [0.3, 0.4) is 0 Å². The van der Waals surface area contributed by atoms with E-state index in [0.29, 0.717) is 5.02 Å². The highest BCUT2D eigenvalue weighted by Crippen LogP contribution is 2.35. The van der Waals surface area contributed by atoms with Crippen LogP contribution >= 0.6 is 23.2 Å². The first kappa shape index (κ1) is 19.9. The van der Waals surface area contributed by atoms with Crippen molar-refractivity contribution < 1.29 is 18.7 Å². The van der Waals surface area contributed by atoms with Crippen LogP contribution in [0.4, 0.5) is 4.39 Å². The van der Waals surface area contributed by atoms with E-state index in [-0.39, 0.29) is 22.8 Å². The van der Waals surface area contributed by atoms with Gasteiger partial charge in [0.15, 0.2) is 0 Å². The molecule has 0 radical (unpaired) electrons. The van der Waals surface area contributed by atoms with Crippen molar-refractivity contribution in [3.05, 3.63) is 69.7 Å². The molecular weight excluding hydrogens is 382 g/mol. The molecule has 5 nitrogen and oxygen atoms in total. The lowest BCUT2D eigenvalue weighted by Crippen LogP contribution is -2.45. The predicted molar refractivity (Wildman–Crippen MR) is 98.1 cm³/mol. The van der Waals surface area contributed by atoms with Gasteiger partial charge in [-0.25, -0.2) is 9.18 Å². The van der Waals surface area contributed by atoms with E-state index in [9.17, 15) is 9.59 Å². The Morgan fingerprint density at radius 1 is 1.15 bits per heavy atom. The average molecular weight is 397 g/mol. The van der Waals surface area contributed by atoms with E-state index in [2.05, 4.69) is 5.10 Å². The molecule has 2 aromatic rings. The van der Waals surface area contributed by atoms with Gasteiger partial charge in [-0.3, -0.25) is 4.79 Å². The molecule has 0 spiro atoms. The number of carbonyl (C=O) groups excluding carboxylic acids is 2. The zero-order valence-corrected chi connectivity index (χ0v) is 15.2. The first-order valence-corrected chi connectivity index (χ1v) is 8.31. The summed E-state index contributed by atoms with van der Waals surface area (Å²) in [7, 11) is 0. The molecule has 0 saturated heterocycles. The minimum atomic E-state index is -3.20. The lowest BCUT2D eigenvalue weighted by Gasteiger charge is -2.23. The van der Waals surface area contributed by atoms with Gasteiger partial charge < -0.3 is 10.6 Å². The van der Waals surface area contributed by atoms with Gasteiger partial charge in [-0.15, -0.1) is 0 Å². The van der Waals surface area contributed by atoms with E-state index >= 15 is 4.39 Å². The van der Waals surface area contributed by atoms with Gasteiger partial charge >= 0.3 is 5.97 Å². The standard InChI is InChI=1S/C18H15Cl2FN2O3/c1-2-26-17(25)18(21,13-5-3-4-6-14(13)20)16(24)15(23-22)11-7-9-12(19)10-8-11/h3-10H,2,22H2,1H3. The monoisotopic (exact) mass is 396 g/mol. The number of hydrazone groups is 1. The summed E-state index contributed by atoms with van der Waals surface area (Å²) >= 11 is 11.8. The van der Waals surface area contributed by atoms with Crippen LogP contribution in [-0.4, -0.2) is 24.1 Å². The maximum Gasteiger partial charge on any atom is 0.357 e. The van der Waals surface area contributed by atoms with Gasteiger partial charge in [0.1, 0.15) is 5.71 Å². The Morgan fingerprint density at radius 3 is 2.31 bits per heavy atom. The molecular formula is C18H15Cl2FN2O3. The molecule has 0 aliphatic rings. The van der Waals surface area contributed by atoms with E-state index < -0.39 is 23.1 Å². The Balaban J connectivity index is 2.61. The van der Waals surface area contributed by atoms with Crippen molar-refractivity contribution in [3.63, 3.8) is 0 Å². The van der Waals surface area contributed by atoms with Crippen LogP contribution in [0.25, 0.3) is 0 Å². The number of hydrogen-bond donors (Lipinski definition) is 1. The number of alkyl halides is 1. The highest BCUT2D eigenvalue weighted by atomic mass is 35.5. The molecule has 0 fully saturated rings. The minimum absolute atomic E-state index is 0.108. The van der Waals surface area contributed by atoms with Gasteiger partial charge in [-0.05, 0) is 25.1 Å². The van der Waals surface area contributed by atoms with Crippen LogP contribution in [0.15, 0.2) is 53.6 Å². The topological polar surface area (TPSA) is 81.8 Å². The van der Waals surface area contributed by atoms with Gasteiger partial charge in [0, 0.05) is 21.2 Å². The molecule has 0 bridgehead atoms. The Bertz CT molecular complexity index is 856. The Kier molecular flexibility index (Phi) is 6.34. The van der Waals surface area contributed by atoms with Crippen molar-refractivity contribution in [1.29, 1.82) is 0 Å². The number of Topliss-reactive ketones (excluding diaryl/α,β-unsaturated/α-hetero) is 1. The molecule has 1 unspecified atom stereocenters. The van der Waals surface area contributed by atoms with E-state index in [0.717, 1.165) is 0 Å². The van der Waals surface area contributed by atoms with Crippen LogP contribution in [0, 0.1) is 0 Å². The summed E-state index contributed by atoms with van der Waals surface area (Å²) in [6.07, 6.45) is 0. The lowest BCUT2D eigenvalue weighted by molar-refractivity contribution is -0.161. The summed E-state index contributed by atoms with van der Waals surface area (Å²) in [6, 6.07) is 11.4. The van der Waals surface area contributed by atoms with Crippen molar-refractivity contribution in [2.75, 3.05) is 6.61 Å². The molecule has 2 rings (SSSR count). The fraction of sp³-hybridized carbons (Fsp3) is 0.167. The summed E-state index contributed by atoms with van der Waals surface area (Å²) in [5, 5.41) is 3.68. The van der Waals surface area contributed by atoms with E-state index in [1.807, 2.05) is 0 Å². The highest BCUT2D eigenvalue weighted by molar-refractivity contribution is 6.52. The van der Waals surface area contributed by atoms with Crippen molar-refractivity contribution in [1.82, 2.24) is 0 Å². The Morgan fingerprint density at radius 2 is 1.77 bits per heavy atom. The van der Waals surface area contributed by atoms with E-state index in [1.54, 1.807) is 6.07 Å². The van der Waals surface area contributed by atoms with Gasteiger partial charge in [0.05, 0.1) is 6.61 Å². The highest BCUT2D eigenvalue weighted by Gasteiger charge is 2.53. The third-order valence-corrected chi connectivity index (χ3v) is 4.16. The van der Waals surface area contributed by atoms with Crippen molar-refractivity contribution in [2.45, 2.75) is 12.6 Å². The Hall–Kier alpha value is -2.44. The SMILES string of the molecule is CCOC(=O)C(F)(C(=O)C(=NN)c1ccc(Cl)cc1)c1ccccc1Cl. The number of halogens is 3. The third kappa shape index (κ3) is 3.71.